The van der Waals surface area contributed by atoms with Gasteiger partial charge in [-0.05, 0) is 47.7 Å². The van der Waals surface area contributed by atoms with Crippen molar-refractivity contribution >= 4 is 28.9 Å². The highest BCUT2D eigenvalue weighted by atomic mass is 32.1. The molecule has 3 aromatic rings. The van der Waals surface area contributed by atoms with Crippen LogP contribution < -0.4 is 5.32 Å². The van der Waals surface area contributed by atoms with Crippen LogP contribution in [0.1, 0.15) is 11.1 Å². The molecule has 134 valence electrons. The Morgan fingerprint density at radius 1 is 1.23 bits per heavy atom. The predicted octanol–water partition coefficient (Wildman–Crippen LogP) is 2.20. The smallest absolute Gasteiger partial charge is 0.330 e. The van der Waals surface area contributed by atoms with Gasteiger partial charge in [-0.15, -0.1) is 21.5 Å². The van der Waals surface area contributed by atoms with Crippen LogP contribution in [0.15, 0.2) is 35.7 Å². The Bertz CT molecular complexity index is 920. The number of amides is 1. The number of nitrogens with one attached hydrogen (secondary N) is 1. The fraction of sp³-hybridized carbons (Fsp3) is 0.235. The number of tetrazole rings is 1. The lowest BCUT2D eigenvalue weighted by molar-refractivity contribution is -0.148. The van der Waals surface area contributed by atoms with Crippen LogP contribution in [-0.2, 0) is 20.9 Å². The SMILES string of the molecule is Cc1cccc(NC(=O)COC(=O)Cn2nnc(-c3cccs3)n2)c1C. The van der Waals surface area contributed by atoms with Gasteiger partial charge in [0.1, 0.15) is 0 Å². The number of carbonyl (C=O) groups is 2. The van der Waals surface area contributed by atoms with E-state index in [0.717, 1.165) is 20.8 Å². The summed E-state index contributed by atoms with van der Waals surface area (Å²) < 4.78 is 4.97. The fourth-order valence-electron chi connectivity index (χ4n) is 2.19. The Kier molecular flexibility index (Phi) is 5.37. The maximum absolute atomic E-state index is 12.0. The molecule has 0 aliphatic heterocycles. The lowest BCUT2D eigenvalue weighted by Gasteiger charge is -2.10. The van der Waals surface area contributed by atoms with E-state index in [1.54, 1.807) is 6.07 Å². The van der Waals surface area contributed by atoms with Crippen molar-refractivity contribution in [3.8, 4) is 10.7 Å². The largest absolute Gasteiger partial charge is 0.454 e. The number of carbonyl (C=O) groups excluding carboxylic acids is 2. The molecule has 0 fully saturated rings. The number of hydrogen-bond acceptors (Lipinski definition) is 7. The number of aryl methyl sites for hydroxylation is 1. The predicted molar refractivity (Wildman–Crippen MR) is 96.6 cm³/mol. The molecular weight excluding hydrogens is 354 g/mol. The summed E-state index contributed by atoms with van der Waals surface area (Å²) in [4.78, 5) is 25.8. The van der Waals surface area contributed by atoms with Gasteiger partial charge in [-0.25, -0.2) is 4.79 Å². The van der Waals surface area contributed by atoms with Crippen molar-refractivity contribution in [1.82, 2.24) is 20.2 Å². The van der Waals surface area contributed by atoms with E-state index < -0.39 is 11.9 Å². The van der Waals surface area contributed by atoms with E-state index >= 15 is 0 Å². The first-order chi connectivity index (χ1) is 12.5. The number of ether oxygens (including phenoxy) is 1. The summed E-state index contributed by atoms with van der Waals surface area (Å²) in [6, 6.07) is 9.35. The Hall–Kier alpha value is -3.07. The number of thiophene rings is 1. The van der Waals surface area contributed by atoms with Gasteiger partial charge in [0.15, 0.2) is 13.2 Å². The van der Waals surface area contributed by atoms with Gasteiger partial charge in [-0.1, -0.05) is 18.2 Å². The van der Waals surface area contributed by atoms with Gasteiger partial charge in [-0.2, -0.15) is 4.80 Å². The summed E-state index contributed by atoms with van der Waals surface area (Å²) in [5, 5.41) is 16.4. The zero-order valence-electron chi connectivity index (χ0n) is 14.3. The Balaban J connectivity index is 1.49. The molecule has 0 unspecified atom stereocenters. The third-order valence-electron chi connectivity index (χ3n) is 3.71. The molecule has 1 N–H and O–H groups in total. The van der Waals surface area contributed by atoms with Crippen molar-refractivity contribution in [3.05, 3.63) is 46.8 Å². The lowest BCUT2D eigenvalue weighted by Crippen LogP contribution is -2.24. The van der Waals surface area contributed by atoms with Crippen molar-refractivity contribution in [2.45, 2.75) is 20.4 Å². The molecule has 0 bridgehead atoms. The average Bonchev–Trinajstić information content (AvgIpc) is 3.28. The van der Waals surface area contributed by atoms with Crippen LogP contribution in [0.4, 0.5) is 5.69 Å². The van der Waals surface area contributed by atoms with Crippen LogP contribution in [0.3, 0.4) is 0 Å². The number of anilines is 1. The van der Waals surface area contributed by atoms with Crippen molar-refractivity contribution in [1.29, 1.82) is 0 Å². The number of aromatic nitrogens is 4. The van der Waals surface area contributed by atoms with Crippen LogP contribution in [0.5, 0.6) is 0 Å². The molecule has 1 amide bonds. The van der Waals surface area contributed by atoms with Gasteiger partial charge in [0, 0.05) is 5.69 Å². The van der Waals surface area contributed by atoms with Crippen LogP contribution in [-0.4, -0.2) is 38.7 Å². The number of hydrogen-bond donors (Lipinski definition) is 1. The first-order valence-corrected chi connectivity index (χ1v) is 8.74. The highest BCUT2D eigenvalue weighted by Crippen LogP contribution is 2.19. The van der Waals surface area contributed by atoms with Crippen LogP contribution in [0, 0.1) is 13.8 Å². The van der Waals surface area contributed by atoms with Crippen molar-refractivity contribution < 1.29 is 14.3 Å². The van der Waals surface area contributed by atoms with Crippen LogP contribution in [0.2, 0.25) is 0 Å². The van der Waals surface area contributed by atoms with E-state index in [1.165, 1.54) is 11.3 Å². The minimum atomic E-state index is -0.615. The highest BCUT2D eigenvalue weighted by molar-refractivity contribution is 7.13. The second-order valence-corrected chi connectivity index (χ2v) is 6.52. The normalized spacial score (nSPS) is 10.5. The third kappa shape index (κ3) is 4.31. The quantitative estimate of drug-likeness (QED) is 0.667. The number of rotatable bonds is 6. The van der Waals surface area contributed by atoms with Crippen molar-refractivity contribution in [2.24, 2.45) is 0 Å². The molecule has 0 saturated heterocycles. The molecule has 0 aliphatic carbocycles. The van der Waals surface area contributed by atoms with Crippen molar-refractivity contribution in [3.63, 3.8) is 0 Å². The lowest BCUT2D eigenvalue weighted by atomic mass is 10.1. The molecule has 0 saturated carbocycles. The van der Waals surface area contributed by atoms with Gasteiger partial charge >= 0.3 is 5.97 Å². The second kappa shape index (κ2) is 7.87. The number of benzene rings is 1. The summed E-state index contributed by atoms with van der Waals surface area (Å²) in [5.74, 6) is -0.574. The molecule has 26 heavy (non-hydrogen) atoms. The van der Waals surface area contributed by atoms with E-state index in [1.807, 2.05) is 43.5 Å². The van der Waals surface area contributed by atoms with Gasteiger partial charge in [0.2, 0.25) is 5.82 Å². The van der Waals surface area contributed by atoms with Gasteiger partial charge in [-0.3, -0.25) is 4.79 Å². The second-order valence-electron chi connectivity index (χ2n) is 5.58. The third-order valence-corrected chi connectivity index (χ3v) is 4.57. The molecule has 1 aromatic carbocycles. The Labute approximate surface area is 153 Å². The summed E-state index contributed by atoms with van der Waals surface area (Å²) >= 11 is 1.48. The molecule has 8 nitrogen and oxygen atoms in total. The molecule has 0 atom stereocenters. The van der Waals surface area contributed by atoms with Crippen molar-refractivity contribution in [2.75, 3.05) is 11.9 Å². The topological polar surface area (TPSA) is 99.0 Å². The van der Waals surface area contributed by atoms with Crippen LogP contribution in [0.25, 0.3) is 10.7 Å². The molecule has 2 heterocycles. The van der Waals surface area contributed by atoms with Gasteiger partial charge in [0.05, 0.1) is 4.88 Å². The molecule has 0 radical (unpaired) electrons. The summed E-state index contributed by atoms with van der Waals surface area (Å²) in [6.45, 7) is 3.28. The maximum Gasteiger partial charge on any atom is 0.330 e. The van der Waals surface area contributed by atoms with E-state index in [-0.39, 0.29) is 13.2 Å². The molecule has 0 spiro atoms. The molecule has 3 rings (SSSR count). The van der Waals surface area contributed by atoms with E-state index in [9.17, 15) is 9.59 Å². The zero-order valence-corrected chi connectivity index (χ0v) is 15.1. The van der Waals surface area contributed by atoms with E-state index in [2.05, 4.69) is 20.7 Å². The minimum Gasteiger partial charge on any atom is -0.454 e. The molecular formula is C17H17N5O3S. The summed E-state index contributed by atoms with van der Waals surface area (Å²) in [5.41, 5.74) is 2.74. The average molecular weight is 371 g/mol. The Morgan fingerprint density at radius 2 is 2.08 bits per heavy atom. The van der Waals surface area contributed by atoms with Crippen LogP contribution >= 0.6 is 11.3 Å². The number of nitrogens with zero attached hydrogens (tertiary/aromatic N) is 4. The maximum atomic E-state index is 12.0. The minimum absolute atomic E-state index is 0.213. The molecule has 2 aromatic heterocycles. The highest BCUT2D eigenvalue weighted by Gasteiger charge is 2.13. The zero-order chi connectivity index (χ0) is 18.5. The monoisotopic (exact) mass is 371 g/mol. The standard InChI is InChI=1S/C17H17N5O3S/c1-11-5-3-6-13(12(11)2)18-15(23)10-25-16(24)9-22-20-17(19-21-22)14-7-4-8-26-14/h3-8H,9-10H2,1-2H3,(H,18,23). The van der Waals surface area contributed by atoms with E-state index in [4.69, 9.17) is 4.74 Å². The fourth-order valence-corrected chi connectivity index (χ4v) is 2.84. The van der Waals surface area contributed by atoms with Gasteiger partial charge < -0.3 is 10.1 Å². The molecule has 9 heteroatoms. The Morgan fingerprint density at radius 3 is 2.85 bits per heavy atom. The molecule has 0 aliphatic rings. The van der Waals surface area contributed by atoms with E-state index in [0.29, 0.717) is 11.5 Å². The summed E-state index contributed by atoms with van der Waals surface area (Å²) in [6.07, 6.45) is 0. The summed E-state index contributed by atoms with van der Waals surface area (Å²) in [7, 11) is 0. The number of esters is 1. The first kappa shape index (κ1) is 17.7. The van der Waals surface area contributed by atoms with Gasteiger partial charge in [0.25, 0.3) is 5.91 Å². The first-order valence-electron chi connectivity index (χ1n) is 7.86.